The summed E-state index contributed by atoms with van der Waals surface area (Å²) in [5.74, 6) is -2.29. The van der Waals surface area contributed by atoms with Crippen molar-refractivity contribution in [2.45, 2.75) is 49.3 Å². The minimum atomic E-state index is -1.49. The smallest absolute Gasteiger partial charge is 0.407 e. The highest BCUT2D eigenvalue weighted by Gasteiger charge is 2.44. The fraction of sp³-hybridized carbons (Fsp3) is 0.750. The average Bonchev–Trinajstić information content (AvgIpc) is 2.48. The van der Waals surface area contributed by atoms with Crippen LogP contribution in [0.1, 0.15) is 27.7 Å². The molecule has 0 aliphatic heterocycles. The molecule has 25 heavy (non-hydrogen) atoms. The van der Waals surface area contributed by atoms with Crippen LogP contribution in [0.5, 0.6) is 0 Å². The number of nitrogens with one attached hydrogen (secondary N) is 2. The van der Waals surface area contributed by atoms with Gasteiger partial charge in [0, 0.05) is 33.1 Å². The number of hydrogen-bond acceptors (Lipinski definition) is 10. The lowest BCUT2D eigenvalue weighted by Gasteiger charge is -2.33. The summed E-state index contributed by atoms with van der Waals surface area (Å²) in [4.78, 5) is 56.6. The third kappa shape index (κ3) is 6.86. The number of hydrogen-bond donors (Lipinski definition) is 3. The van der Waals surface area contributed by atoms with Crippen LogP contribution in [0, 0.1) is 9.81 Å². The molecule has 2 amide bonds. The molecular formula is C12H20N4O7S2. The van der Waals surface area contributed by atoms with Gasteiger partial charge in [-0.1, -0.05) is 0 Å². The molecule has 0 saturated heterocycles. The summed E-state index contributed by atoms with van der Waals surface area (Å²) < 4.78 is 7.23. The van der Waals surface area contributed by atoms with Crippen LogP contribution < -0.4 is 10.6 Å². The molecule has 0 aromatic heterocycles. The molecule has 2 unspecified atom stereocenters. The SMILES string of the molecule is COC(=O)NC(C(=O)NC(C(=O)O)C(C)(C)SN=O)C(C)(C)SN=O. The van der Waals surface area contributed by atoms with E-state index in [4.69, 9.17) is 0 Å². The number of methoxy groups -OCH3 is 1. The number of carbonyl (C=O) groups is 3. The van der Waals surface area contributed by atoms with E-state index < -0.39 is 39.5 Å². The van der Waals surface area contributed by atoms with E-state index in [1.165, 1.54) is 27.7 Å². The predicted molar refractivity (Wildman–Crippen MR) is 93.8 cm³/mol. The molecule has 0 aliphatic rings. The van der Waals surface area contributed by atoms with Crippen molar-refractivity contribution in [3.63, 3.8) is 0 Å². The molecule has 0 aromatic carbocycles. The first-order chi connectivity index (χ1) is 11.4. The highest BCUT2D eigenvalue weighted by Crippen LogP contribution is 2.31. The first-order valence-electron chi connectivity index (χ1n) is 6.82. The molecule has 3 N–H and O–H groups in total. The maximum Gasteiger partial charge on any atom is 0.407 e. The van der Waals surface area contributed by atoms with E-state index in [9.17, 15) is 29.3 Å². The van der Waals surface area contributed by atoms with Crippen LogP contribution in [0.2, 0.25) is 0 Å². The third-order valence-electron chi connectivity index (χ3n) is 3.18. The summed E-state index contributed by atoms with van der Waals surface area (Å²) in [6, 6.07) is -2.83. The van der Waals surface area contributed by atoms with Gasteiger partial charge in [-0.25, -0.2) is 9.59 Å². The zero-order valence-corrected chi connectivity index (χ0v) is 15.9. The number of rotatable bonds is 10. The van der Waals surface area contributed by atoms with Gasteiger partial charge in [-0.2, -0.15) is 0 Å². The van der Waals surface area contributed by atoms with Crippen LogP contribution in [0.4, 0.5) is 4.79 Å². The molecule has 142 valence electrons. The normalized spacial score (nSPS) is 14.0. The van der Waals surface area contributed by atoms with E-state index in [2.05, 4.69) is 24.5 Å². The lowest BCUT2D eigenvalue weighted by atomic mass is 9.99. The summed E-state index contributed by atoms with van der Waals surface area (Å²) in [7, 11) is 1.08. The Labute approximate surface area is 152 Å². The van der Waals surface area contributed by atoms with E-state index in [1.54, 1.807) is 0 Å². The topological polar surface area (TPSA) is 164 Å². The lowest BCUT2D eigenvalue weighted by molar-refractivity contribution is -0.143. The Bertz CT molecular complexity index is 542. The Kier molecular flexibility index (Phi) is 8.83. The van der Waals surface area contributed by atoms with Gasteiger partial charge in [-0.15, -0.1) is 9.81 Å². The van der Waals surface area contributed by atoms with Gasteiger partial charge in [0.15, 0.2) is 0 Å². The number of ether oxygens (including phenoxy) is 1. The first-order valence-corrected chi connectivity index (χ1v) is 8.37. The molecule has 0 radical (unpaired) electrons. The summed E-state index contributed by atoms with van der Waals surface area (Å²) in [6.07, 6.45) is -0.949. The molecule has 0 bridgehead atoms. The molecule has 0 rings (SSSR count). The summed E-state index contributed by atoms with van der Waals surface area (Å²) in [5.41, 5.74) is 0. The number of amides is 2. The van der Waals surface area contributed by atoms with Gasteiger partial charge in [0.2, 0.25) is 5.91 Å². The van der Waals surface area contributed by atoms with Crippen molar-refractivity contribution in [2.75, 3.05) is 7.11 Å². The van der Waals surface area contributed by atoms with E-state index in [0.29, 0.717) is 23.9 Å². The molecule has 2 atom stereocenters. The monoisotopic (exact) mass is 396 g/mol. The lowest BCUT2D eigenvalue weighted by Crippen LogP contribution is -2.61. The van der Waals surface area contributed by atoms with Crippen LogP contribution in [0.15, 0.2) is 9.16 Å². The number of nitroso groups, excluding NO2 is 2. The molecule has 0 aliphatic carbocycles. The van der Waals surface area contributed by atoms with Crippen molar-refractivity contribution in [2.24, 2.45) is 9.16 Å². The number of carboxylic acids is 1. The molecule has 0 aromatic rings. The van der Waals surface area contributed by atoms with Gasteiger partial charge >= 0.3 is 12.1 Å². The Hall–Kier alpha value is -1.89. The average molecular weight is 396 g/mol. The van der Waals surface area contributed by atoms with Crippen molar-refractivity contribution in [3.05, 3.63) is 9.81 Å². The minimum absolute atomic E-state index is 0.448. The highest BCUT2D eigenvalue weighted by molar-refractivity contribution is 7.99. The maximum atomic E-state index is 12.6. The molecule has 11 nitrogen and oxygen atoms in total. The molecule has 13 heteroatoms. The summed E-state index contributed by atoms with van der Waals surface area (Å²) in [5, 5.41) is 13.8. The van der Waals surface area contributed by atoms with E-state index >= 15 is 0 Å². The van der Waals surface area contributed by atoms with Crippen LogP contribution in [0.25, 0.3) is 0 Å². The number of carboxylic acid groups (broad SMARTS) is 1. The minimum Gasteiger partial charge on any atom is -0.480 e. The summed E-state index contributed by atoms with van der Waals surface area (Å²) >= 11 is 0.941. The van der Waals surface area contributed by atoms with Crippen molar-refractivity contribution >= 4 is 41.9 Å². The second-order valence-electron chi connectivity index (χ2n) is 5.89. The fourth-order valence-corrected chi connectivity index (χ4v) is 2.71. The maximum absolute atomic E-state index is 12.6. The van der Waals surface area contributed by atoms with E-state index in [1.807, 2.05) is 0 Å². The second-order valence-corrected chi connectivity index (χ2v) is 8.66. The molecular weight excluding hydrogens is 376 g/mol. The highest BCUT2D eigenvalue weighted by atomic mass is 32.2. The van der Waals surface area contributed by atoms with Gasteiger partial charge in [0.25, 0.3) is 0 Å². The Balaban J connectivity index is 5.60. The zero-order chi connectivity index (χ0) is 19.8. The summed E-state index contributed by atoms with van der Waals surface area (Å²) in [6.45, 7) is 5.74. The van der Waals surface area contributed by atoms with Gasteiger partial charge in [0.05, 0.1) is 16.6 Å². The van der Waals surface area contributed by atoms with Crippen molar-refractivity contribution in [1.29, 1.82) is 0 Å². The quantitative estimate of drug-likeness (QED) is 0.368. The van der Waals surface area contributed by atoms with Crippen LogP contribution in [0.3, 0.4) is 0 Å². The standard InChI is InChI=1S/C12H20N4O7S2/c1-11(2,24-15-21)6(14-10(20)23-5)8(17)13-7(9(18)19)12(3,4)25-16-22/h6-7H,1-5H3,(H,13,17)(H,14,20)(H,18,19). The van der Waals surface area contributed by atoms with Gasteiger partial charge in [-0.05, 0) is 27.7 Å². The second kappa shape index (κ2) is 9.56. The number of aliphatic carboxylic acids is 1. The van der Waals surface area contributed by atoms with Crippen molar-refractivity contribution in [3.8, 4) is 0 Å². The molecule has 0 spiro atoms. The van der Waals surface area contributed by atoms with E-state index in [0.717, 1.165) is 7.11 Å². The fourth-order valence-electron chi connectivity index (χ4n) is 1.79. The number of alkyl carbamates (subject to hydrolysis) is 1. The Morgan fingerprint density at radius 2 is 1.40 bits per heavy atom. The molecule has 0 saturated carbocycles. The zero-order valence-electron chi connectivity index (χ0n) is 14.3. The number of carbonyl (C=O) groups excluding carboxylic acids is 2. The van der Waals surface area contributed by atoms with Gasteiger partial charge < -0.3 is 20.5 Å². The van der Waals surface area contributed by atoms with E-state index in [-0.39, 0.29) is 0 Å². The van der Waals surface area contributed by atoms with Gasteiger partial charge in [0.1, 0.15) is 12.1 Å². The predicted octanol–water partition coefficient (Wildman–Crippen LogP) is 1.67. The van der Waals surface area contributed by atoms with Crippen LogP contribution >= 0.6 is 23.9 Å². The Morgan fingerprint density at radius 3 is 1.76 bits per heavy atom. The largest absolute Gasteiger partial charge is 0.480 e. The molecule has 0 fully saturated rings. The third-order valence-corrected chi connectivity index (χ3v) is 4.74. The number of nitrogens with zero attached hydrogens (tertiary/aromatic N) is 2. The van der Waals surface area contributed by atoms with Crippen molar-refractivity contribution < 1.29 is 24.2 Å². The van der Waals surface area contributed by atoms with Crippen molar-refractivity contribution in [1.82, 2.24) is 10.6 Å². The van der Waals surface area contributed by atoms with Crippen LogP contribution in [-0.2, 0) is 14.3 Å². The Morgan fingerprint density at radius 1 is 0.960 bits per heavy atom. The molecule has 0 heterocycles. The van der Waals surface area contributed by atoms with Crippen LogP contribution in [-0.4, -0.2) is 51.8 Å². The van der Waals surface area contributed by atoms with Gasteiger partial charge in [-0.3, -0.25) is 4.79 Å². The first kappa shape index (κ1) is 23.1.